The van der Waals surface area contributed by atoms with Gasteiger partial charge in [0.2, 0.25) is 0 Å². The van der Waals surface area contributed by atoms with Crippen molar-refractivity contribution in [2.24, 2.45) is 0 Å². The summed E-state index contributed by atoms with van der Waals surface area (Å²) in [4.78, 5) is 41.5. The Labute approximate surface area is 152 Å². The molecule has 2 aromatic carbocycles. The van der Waals surface area contributed by atoms with Gasteiger partial charge in [0.15, 0.2) is 0 Å². The van der Waals surface area contributed by atoms with Crippen LogP contribution in [0.3, 0.4) is 0 Å². The number of hydrogen-bond donors (Lipinski definition) is 0. The molecule has 0 saturated heterocycles. The lowest BCUT2D eigenvalue weighted by atomic mass is 10.0. The van der Waals surface area contributed by atoms with E-state index in [2.05, 4.69) is 4.98 Å². The number of aryl methyl sites for hydroxylation is 1. The summed E-state index contributed by atoms with van der Waals surface area (Å²) in [6, 6.07) is 10.2. The first-order valence-corrected chi connectivity index (χ1v) is 7.99. The summed E-state index contributed by atoms with van der Waals surface area (Å²) in [6.45, 7) is 1.66. The van der Waals surface area contributed by atoms with Crippen molar-refractivity contribution < 1.29 is 14.5 Å². The molecule has 0 N–H and O–H groups in total. The van der Waals surface area contributed by atoms with Crippen molar-refractivity contribution in [1.29, 1.82) is 0 Å². The molecule has 0 radical (unpaired) electrons. The molecule has 0 spiro atoms. The Kier molecular flexibility index (Phi) is 3.48. The number of carbonyl (C=O) groups is 2. The number of nitrogens with zero attached hydrogens (tertiary/aromatic N) is 3. The molecule has 2 heterocycles. The summed E-state index contributed by atoms with van der Waals surface area (Å²) >= 11 is 6.04. The maximum atomic E-state index is 13.0. The third kappa shape index (κ3) is 2.25. The molecule has 1 aliphatic heterocycles. The van der Waals surface area contributed by atoms with Crippen LogP contribution in [0, 0.1) is 17.0 Å². The van der Waals surface area contributed by atoms with Crippen molar-refractivity contribution >= 4 is 45.7 Å². The number of non-ortho nitro benzene ring substituents is 1. The van der Waals surface area contributed by atoms with E-state index in [-0.39, 0.29) is 22.5 Å². The van der Waals surface area contributed by atoms with Gasteiger partial charge in [0, 0.05) is 22.5 Å². The van der Waals surface area contributed by atoms with Gasteiger partial charge in [-0.05, 0) is 37.3 Å². The van der Waals surface area contributed by atoms with Gasteiger partial charge in [0.25, 0.3) is 17.5 Å². The van der Waals surface area contributed by atoms with Gasteiger partial charge in [0.1, 0.15) is 0 Å². The minimum absolute atomic E-state index is 0.125. The topological polar surface area (TPSA) is 93.4 Å². The molecule has 0 atom stereocenters. The molecule has 2 amide bonds. The van der Waals surface area contributed by atoms with E-state index < -0.39 is 16.7 Å². The van der Waals surface area contributed by atoms with Crippen LogP contribution in [0.15, 0.2) is 42.5 Å². The Bertz CT molecular complexity index is 1130. The van der Waals surface area contributed by atoms with Crippen LogP contribution >= 0.6 is 11.6 Å². The maximum Gasteiger partial charge on any atom is 0.269 e. The number of carbonyl (C=O) groups excluding carboxylic acids is 2. The first-order chi connectivity index (χ1) is 12.4. The van der Waals surface area contributed by atoms with E-state index in [1.165, 1.54) is 24.3 Å². The van der Waals surface area contributed by atoms with Crippen LogP contribution in [-0.2, 0) is 0 Å². The van der Waals surface area contributed by atoms with E-state index in [0.717, 1.165) is 4.90 Å². The molecule has 26 heavy (non-hydrogen) atoms. The van der Waals surface area contributed by atoms with Crippen molar-refractivity contribution in [2.75, 3.05) is 4.90 Å². The van der Waals surface area contributed by atoms with E-state index in [0.29, 0.717) is 21.6 Å². The zero-order chi connectivity index (χ0) is 18.6. The number of benzene rings is 2. The number of amides is 2. The van der Waals surface area contributed by atoms with E-state index in [9.17, 15) is 19.7 Å². The predicted molar refractivity (Wildman–Crippen MR) is 95.7 cm³/mol. The Hall–Kier alpha value is -3.32. The zero-order valence-corrected chi connectivity index (χ0v) is 14.1. The van der Waals surface area contributed by atoms with Crippen LogP contribution in [-0.4, -0.2) is 21.7 Å². The molecule has 1 aromatic heterocycles. The van der Waals surface area contributed by atoms with Gasteiger partial charge in [-0.1, -0.05) is 11.6 Å². The van der Waals surface area contributed by atoms with Gasteiger partial charge in [-0.3, -0.25) is 24.7 Å². The minimum atomic E-state index is -0.546. The van der Waals surface area contributed by atoms with E-state index in [1.807, 2.05) is 0 Å². The fraction of sp³-hybridized carbons (Fsp3) is 0.0556. The summed E-state index contributed by atoms with van der Waals surface area (Å²) in [5.41, 5.74) is 1.62. The summed E-state index contributed by atoms with van der Waals surface area (Å²) in [7, 11) is 0. The number of nitro benzene ring substituents is 1. The number of halogens is 1. The molecule has 0 bridgehead atoms. The van der Waals surface area contributed by atoms with Crippen molar-refractivity contribution in [1.82, 2.24) is 4.98 Å². The average molecular weight is 368 g/mol. The van der Waals surface area contributed by atoms with Gasteiger partial charge in [-0.25, -0.2) is 4.90 Å². The third-order valence-corrected chi connectivity index (χ3v) is 4.52. The minimum Gasteiger partial charge on any atom is -0.268 e. The molecule has 7 nitrogen and oxygen atoms in total. The van der Waals surface area contributed by atoms with Crippen LogP contribution in [0.25, 0.3) is 10.9 Å². The van der Waals surface area contributed by atoms with Gasteiger partial charge < -0.3 is 0 Å². The average Bonchev–Trinajstić information content (AvgIpc) is 2.87. The highest BCUT2D eigenvalue weighted by Crippen LogP contribution is 2.35. The maximum absolute atomic E-state index is 13.0. The van der Waals surface area contributed by atoms with Crippen molar-refractivity contribution in [3.63, 3.8) is 0 Å². The molecule has 0 aliphatic carbocycles. The highest BCUT2D eigenvalue weighted by Gasteiger charge is 2.40. The zero-order valence-electron chi connectivity index (χ0n) is 13.4. The number of fused-ring (bicyclic) bond motifs is 3. The van der Waals surface area contributed by atoms with Gasteiger partial charge in [0.05, 0.1) is 32.9 Å². The highest BCUT2D eigenvalue weighted by molar-refractivity contribution is 6.38. The number of hydrogen-bond acceptors (Lipinski definition) is 5. The number of rotatable bonds is 2. The molecule has 8 heteroatoms. The summed E-state index contributed by atoms with van der Waals surface area (Å²) in [5, 5.41) is 11.7. The van der Waals surface area contributed by atoms with Crippen molar-refractivity contribution in [3.8, 4) is 0 Å². The summed E-state index contributed by atoms with van der Waals surface area (Å²) in [5.74, 6) is -1.01. The fourth-order valence-corrected chi connectivity index (χ4v) is 3.29. The van der Waals surface area contributed by atoms with Gasteiger partial charge >= 0.3 is 0 Å². The molecule has 0 unspecified atom stereocenters. The van der Waals surface area contributed by atoms with Gasteiger partial charge in [-0.2, -0.15) is 0 Å². The third-order valence-electron chi connectivity index (χ3n) is 4.28. The Morgan fingerprint density at radius 1 is 1.04 bits per heavy atom. The van der Waals surface area contributed by atoms with E-state index in [1.54, 1.807) is 25.1 Å². The quantitative estimate of drug-likeness (QED) is 0.389. The lowest BCUT2D eigenvalue weighted by molar-refractivity contribution is -0.384. The molecule has 0 fully saturated rings. The molecular weight excluding hydrogens is 358 g/mol. The summed E-state index contributed by atoms with van der Waals surface area (Å²) in [6.07, 6.45) is 0. The lowest BCUT2D eigenvalue weighted by Crippen LogP contribution is -2.29. The molecule has 1 aliphatic rings. The number of pyridine rings is 1. The number of nitro groups is 1. The molecular formula is C18H10ClN3O4. The highest BCUT2D eigenvalue weighted by atomic mass is 35.5. The number of imide groups is 1. The van der Waals surface area contributed by atoms with Crippen LogP contribution in [0.2, 0.25) is 5.02 Å². The standard InChI is InChI=1S/C18H10ClN3O4/c1-9-15-16(13-8-10(19)2-7-14(13)20-9)18(24)21(17(15)23)11-3-5-12(6-4-11)22(25)26/h2-8H,1H3. The Morgan fingerprint density at radius 2 is 1.69 bits per heavy atom. The summed E-state index contributed by atoms with van der Waals surface area (Å²) < 4.78 is 0. The van der Waals surface area contributed by atoms with E-state index >= 15 is 0 Å². The monoisotopic (exact) mass is 367 g/mol. The SMILES string of the molecule is Cc1nc2ccc(Cl)cc2c2c1C(=O)N(c1ccc([N+](=O)[O-])cc1)C2=O. The van der Waals surface area contributed by atoms with Crippen molar-refractivity contribution in [2.45, 2.75) is 6.92 Å². The van der Waals surface area contributed by atoms with Crippen molar-refractivity contribution in [3.05, 3.63) is 74.4 Å². The molecule has 3 aromatic rings. The van der Waals surface area contributed by atoms with Crippen LogP contribution in [0.5, 0.6) is 0 Å². The van der Waals surface area contributed by atoms with Crippen LogP contribution in [0.4, 0.5) is 11.4 Å². The number of anilines is 1. The predicted octanol–water partition coefficient (Wildman–Crippen LogP) is 3.91. The molecule has 0 saturated carbocycles. The first kappa shape index (κ1) is 16.2. The largest absolute Gasteiger partial charge is 0.269 e. The smallest absolute Gasteiger partial charge is 0.268 e. The normalized spacial score (nSPS) is 13.4. The second kappa shape index (κ2) is 5.60. The Balaban J connectivity index is 1.91. The fourth-order valence-electron chi connectivity index (χ4n) is 3.12. The second-order valence-corrected chi connectivity index (χ2v) is 6.26. The van der Waals surface area contributed by atoms with Gasteiger partial charge in [-0.15, -0.1) is 0 Å². The number of aromatic nitrogens is 1. The molecule has 4 rings (SSSR count). The first-order valence-electron chi connectivity index (χ1n) is 7.61. The van der Waals surface area contributed by atoms with Crippen LogP contribution < -0.4 is 4.90 Å². The lowest BCUT2D eigenvalue weighted by Gasteiger charge is -2.13. The second-order valence-electron chi connectivity index (χ2n) is 5.83. The Morgan fingerprint density at radius 3 is 2.35 bits per heavy atom. The molecule has 128 valence electrons. The van der Waals surface area contributed by atoms with E-state index in [4.69, 9.17) is 11.6 Å². The van der Waals surface area contributed by atoms with Crippen LogP contribution in [0.1, 0.15) is 26.4 Å².